The highest BCUT2D eigenvalue weighted by Crippen LogP contribution is 2.23. The predicted octanol–water partition coefficient (Wildman–Crippen LogP) is 3.60. The van der Waals surface area contributed by atoms with Gasteiger partial charge < -0.3 is 0 Å². The van der Waals surface area contributed by atoms with Crippen LogP contribution in [0.25, 0.3) is 0 Å². The molecule has 0 aliphatic heterocycles. The van der Waals surface area contributed by atoms with Gasteiger partial charge in [0.05, 0.1) is 4.90 Å². The van der Waals surface area contributed by atoms with Crippen molar-refractivity contribution in [2.24, 2.45) is 0 Å². The quantitative estimate of drug-likeness (QED) is 0.866. The molecule has 0 amide bonds. The monoisotopic (exact) mass is 315 g/mol. The fourth-order valence-corrected chi connectivity index (χ4v) is 4.29. The van der Waals surface area contributed by atoms with E-state index in [4.69, 9.17) is 11.6 Å². The number of rotatable bonds is 3. The van der Waals surface area contributed by atoms with Gasteiger partial charge in [-0.05, 0) is 31.9 Å². The van der Waals surface area contributed by atoms with Gasteiger partial charge in [0.15, 0.2) is 0 Å². The Labute approximate surface area is 126 Å². The van der Waals surface area contributed by atoms with Crippen LogP contribution in [0.15, 0.2) is 29.2 Å². The SMILES string of the molecule is Cc1ccc(S(=O)(=O)N[C@@H]2CCCCCC[C@H]2Cl)cc1. The molecule has 3 nitrogen and oxygen atoms in total. The Morgan fingerprint density at radius 2 is 1.65 bits per heavy atom. The molecule has 1 saturated carbocycles. The van der Waals surface area contributed by atoms with Crippen LogP contribution in [0.3, 0.4) is 0 Å². The topological polar surface area (TPSA) is 46.2 Å². The van der Waals surface area contributed by atoms with Gasteiger partial charge in [0.1, 0.15) is 0 Å². The zero-order valence-corrected chi connectivity index (χ0v) is 13.4. The highest BCUT2D eigenvalue weighted by molar-refractivity contribution is 7.89. The highest BCUT2D eigenvalue weighted by atomic mass is 35.5. The molecular formula is C15H22ClNO2S. The van der Waals surface area contributed by atoms with Crippen molar-refractivity contribution in [3.05, 3.63) is 29.8 Å². The number of sulfonamides is 1. The van der Waals surface area contributed by atoms with Crippen molar-refractivity contribution in [3.8, 4) is 0 Å². The Morgan fingerprint density at radius 1 is 1.05 bits per heavy atom. The Kier molecular flexibility index (Phi) is 5.47. The summed E-state index contributed by atoms with van der Waals surface area (Å²) in [5.41, 5.74) is 1.05. The number of halogens is 1. The third-order valence-corrected chi connectivity index (χ3v) is 5.85. The van der Waals surface area contributed by atoms with E-state index in [1.54, 1.807) is 12.1 Å². The second-order valence-corrected chi connectivity index (χ2v) is 7.82. The van der Waals surface area contributed by atoms with Gasteiger partial charge in [-0.1, -0.05) is 43.4 Å². The summed E-state index contributed by atoms with van der Waals surface area (Å²) in [5.74, 6) is 0. The number of benzene rings is 1. The summed E-state index contributed by atoms with van der Waals surface area (Å²) in [6.45, 7) is 1.94. The number of nitrogens with one attached hydrogen (secondary N) is 1. The molecule has 0 bridgehead atoms. The third kappa shape index (κ3) is 4.21. The van der Waals surface area contributed by atoms with Gasteiger partial charge in [-0.3, -0.25) is 0 Å². The molecule has 1 fully saturated rings. The Hall–Kier alpha value is -0.580. The first-order valence-corrected chi connectivity index (χ1v) is 9.14. The normalized spacial score (nSPS) is 24.9. The summed E-state index contributed by atoms with van der Waals surface area (Å²) in [6.07, 6.45) is 6.16. The van der Waals surface area contributed by atoms with Gasteiger partial charge in [0, 0.05) is 11.4 Å². The summed E-state index contributed by atoms with van der Waals surface area (Å²) < 4.78 is 27.6. The molecule has 1 aromatic rings. The molecule has 1 aromatic carbocycles. The second kappa shape index (κ2) is 6.92. The average molecular weight is 316 g/mol. The van der Waals surface area contributed by atoms with Gasteiger partial charge >= 0.3 is 0 Å². The van der Waals surface area contributed by atoms with E-state index in [1.807, 2.05) is 19.1 Å². The molecule has 0 aromatic heterocycles. The molecule has 0 heterocycles. The van der Waals surface area contributed by atoms with E-state index in [9.17, 15) is 8.42 Å². The lowest BCUT2D eigenvalue weighted by Gasteiger charge is -2.25. The summed E-state index contributed by atoms with van der Waals surface area (Å²) >= 11 is 6.35. The molecule has 0 spiro atoms. The molecule has 112 valence electrons. The van der Waals surface area contributed by atoms with Crippen molar-refractivity contribution in [2.75, 3.05) is 0 Å². The maximum absolute atomic E-state index is 12.4. The van der Waals surface area contributed by atoms with Gasteiger partial charge in [-0.2, -0.15) is 0 Å². The fourth-order valence-electron chi connectivity index (χ4n) is 2.56. The molecule has 2 rings (SSSR count). The van der Waals surface area contributed by atoms with Crippen LogP contribution in [0.2, 0.25) is 0 Å². The van der Waals surface area contributed by atoms with Crippen LogP contribution in [0.5, 0.6) is 0 Å². The van der Waals surface area contributed by atoms with E-state index in [0.29, 0.717) is 4.90 Å². The van der Waals surface area contributed by atoms with Crippen LogP contribution in [0, 0.1) is 6.92 Å². The predicted molar refractivity (Wildman–Crippen MR) is 82.6 cm³/mol. The first-order valence-electron chi connectivity index (χ1n) is 7.22. The van der Waals surface area contributed by atoms with E-state index >= 15 is 0 Å². The Balaban J connectivity index is 2.11. The molecule has 0 saturated heterocycles. The van der Waals surface area contributed by atoms with Gasteiger partial charge in [0.25, 0.3) is 0 Å². The lowest BCUT2D eigenvalue weighted by molar-refractivity contribution is 0.432. The van der Waals surface area contributed by atoms with Crippen LogP contribution in [0.1, 0.15) is 44.1 Å². The molecular weight excluding hydrogens is 294 g/mol. The van der Waals surface area contributed by atoms with Crippen molar-refractivity contribution < 1.29 is 8.42 Å². The fraction of sp³-hybridized carbons (Fsp3) is 0.600. The van der Waals surface area contributed by atoms with Crippen LogP contribution < -0.4 is 4.72 Å². The zero-order chi connectivity index (χ0) is 14.6. The van der Waals surface area contributed by atoms with Crippen LogP contribution in [-0.2, 0) is 10.0 Å². The van der Waals surface area contributed by atoms with E-state index in [-0.39, 0.29) is 11.4 Å². The molecule has 0 unspecified atom stereocenters. The summed E-state index contributed by atoms with van der Waals surface area (Å²) in [5, 5.41) is -0.115. The third-order valence-electron chi connectivity index (χ3n) is 3.82. The van der Waals surface area contributed by atoms with E-state index in [2.05, 4.69) is 4.72 Å². The number of hydrogen-bond acceptors (Lipinski definition) is 2. The van der Waals surface area contributed by atoms with E-state index < -0.39 is 10.0 Å². The largest absolute Gasteiger partial charge is 0.240 e. The Morgan fingerprint density at radius 3 is 2.30 bits per heavy atom. The minimum Gasteiger partial charge on any atom is -0.207 e. The first-order chi connectivity index (χ1) is 9.49. The summed E-state index contributed by atoms with van der Waals surface area (Å²) in [4.78, 5) is 0.314. The lowest BCUT2D eigenvalue weighted by Crippen LogP contribution is -2.41. The van der Waals surface area contributed by atoms with E-state index in [0.717, 1.165) is 37.7 Å². The zero-order valence-electron chi connectivity index (χ0n) is 11.8. The summed E-state index contributed by atoms with van der Waals surface area (Å²) in [7, 11) is -3.47. The molecule has 5 heteroatoms. The average Bonchev–Trinajstić information content (AvgIpc) is 2.39. The molecule has 2 atom stereocenters. The lowest BCUT2D eigenvalue weighted by atomic mass is 9.97. The number of aryl methyl sites for hydroxylation is 1. The van der Waals surface area contributed by atoms with Crippen LogP contribution >= 0.6 is 11.6 Å². The van der Waals surface area contributed by atoms with Crippen LogP contribution in [0.4, 0.5) is 0 Å². The summed E-state index contributed by atoms with van der Waals surface area (Å²) in [6, 6.07) is 6.74. The molecule has 1 aliphatic carbocycles. The van der Waals surface area contributed by atoms with Gasteiger partial charge in [-0.25, -0.2) is 13.1 Å². The maximum Gasteiger partial charge on any atom is 0.240 e. The smallest absolute Gasteiger partial charge is 0.207 e. The van der Waals surface area contributed by atoms with Gasteiger partial charge in [-0.15, -0.1) is 11.6 Å². The van der Waals surface area contributed by atoms with Crippen molar-refractivity contribution in [2.45, 2.75) is 61.8 Å². The maximum atomic E-state index is 12.4. The molecule has 0 radical (unpaired) electrons. The standard InChI is InChI=1S/C15H22ClNO2S/c1-12-8-10-13(11-9-12)20(18,19)17-15-7-5-3-2-4-6-14(15)16/h8-11,14-15,17H,2-7H2,1H3/t14-,15-/m1/s1. The Bertz CT molecular complexity index is 527. The second-order valence-electron chi connectivity index (χ2n) is 5.55. The minimum absolute atomic E-state index is 0.115. The van der Waals surface area contributed by atoms with Crippen molar-refractivity contribution >= 4 is 21.6 Å². The van der Waals surface area contributed by atoms with Gasteiger partial charge in [0.2, 0.25) is 10.0 Å². The highest BCUT2D eigenvalue weighted by Gasteiger charge is 2.26. The van der Waals surface area contributed by atoms with Crippen molar-refractivity contribution in [1.82, 2.24) is 4.72 Å². The van der Waals surface area contributed by atoms with Crippen LogP contribution in [-0.4, -0.2) is 19.8 Å². The first kappa shape index (κ1) is 15.8. The number of alkyl halides is 1. The minimum atomic E-state index is -3.47. The molecule has 1 N–H and O–H groups in total. The molecule has 20 heavy (non-hydrogen) atoms. The van der Waals surface area contributed by atoms with Crippen molar-refractivity contribution in [1.29, 1.82) is 0 Å². The van der Waals surface area contributed by atoms with E-state index in [1.165, 1.54) is 6.42 Å². The molecule has 1 aliphatic rings. The number of hydrogen-bond donors (Lipinski definition) is 1. The van der Waals surface area contributed by atoms with Crippen molar-refractivity contribution in [3.63, 3.8) is 0 Å².